The molecular formula is C14H9N3O4. The van der Waals surface area contributed by atoms with Gasteiger partial charge in [-0.1, -0.05) is 0 Å². The Balaban J connectivity index is 1.87. The molecule has 0 saturated carbocycles. The van der Waals surface area contributed by atoms with Crippen molar-refractivity contribution < 1.29 is 19.4 Å². The normalized spacial score (nSPS) is 12.8. The SMILES string of the molecule is O=C(O)c1nccn2cc(-c3ccc4c(c3)OCO4)nc12. The highest BCUT2D eigenvalue weighted by Crippen LogP contribution is 2.35. The summed E-state index contributed by atoms with van der Waals surface area (Å²) in [4.78, 5) is 19.4. The molecule has 3 heterocycles. The average Bonchev–Trinajstić information content (AvgIpc) is 3.11. The molecule has 2 aromatic heterocycles. The van der Waals surface area contributed by atoms with Crippen LogP contribution in [0.15, 0.2) is 36.8 Å². The van der Waals surface area contributed by atoms with Gasteiger partial charge in [-0.25, -0.2) is 14.8 Å². The lowest BCUT2D eigenvalue weighted by Gasteiger charge is -1.98. The molecule has 0 unspecified atom stereocenters. The lowest BCUT2D eigenvalue weighted by molar-refractivity contribution is 0.0692. The van der Waals surface area contributed by atoms with Crippen LogP contribution in [0.1, 0.15) is 10.5 Å². The first kappa shape index (κ1) is 11.7. The van der Waals surface area contributed by atoms with Crippen LogP contribution in [0.4, 0.5) is 0 Å². The van der Waals surface area contributed by atoms with Gasteiger partial charge in [-0.2, -0.15) is 0 Å². The molecule has 1 aromatic carbocycles. The highest BCUT2D eigenvalue weighted by atomic mass is 16.7. The van der Waals surface area contributed by atoms with Gasteiger partial charge in [-0.15, -0.1) is 0 Å². The van der Waals surface area contributed by atoms with Crippen LogP contribution in [0.3, 0.4) is 0 Å². The summed E-state index contributed by atoms with van der Waals surface area (Å²) in [7, 11) is 0. The molecule has 0 spiro atoms. The molecule has 1 aliphatic heterocycles. The smallest absolute Gasteiger partial charge is 0.358 e. The van der Waals surface area contributed by atoms with Crippen molar-refractivity contribution in [2.75, 3.05) is 6.79 Å². The molecule has 0 radical (unpaired) electrons. The molecule has 0 amide bonds. The molecule has 1 aliphatic rings. The molecule has 7 nitrogen and oxygen atoms in total. The first-order valence-electron chi connectivity index (χ1n) is 6.19. The van der Waals surface area contributed by atoms with E-state index >= 15 is 0 Å². The maximum Gasteiger partial charge on any atom is 0.358 e. The van der Waals surface area contributed by atoms with Crippen molar-refractivity contribution >= 4 is 11.6 Å². The van der Waals surface area contributed by atoms with Crippen LogP contribution in [0.5, 0.6) is 11.5 Å². The second kappa shape index (κ2) is 4.20. The molecule has 0 aliphatic carbocycles. The number of hydrogen-bond acceptors (Lipinski definition) is 5. The number of fused-ring (bicyclic) bond motifs is 2. The minimum Gasteiger partial charge on any atom is -0.476 e. The molecule has 1 N–H and O–H groups in total. The van der Waals surface area contributed by atoms with Crippen molar-refractivity contribution in [2.24, 2.45) is 0 Å². The van der Waals surface area contributed by atoms with Gasteiger partial charge >= 0.3 is 5.97 Å². The first-order valence-corrected chi connectivity index (χ1v) is 6.19. The molecule has 4 rings (SSSR count). The number of carboxylic acids is 1. The van der Waals surface area contributed by atoms with E-state index in [9.17, 15) is 4.79 Å². The summed E-state index contributed by atoms with van der Waals surface area (Å²) in [6.07, 6.45) is 4.84. The number of carbonyl (C=O) groups is 1. The lowest BCUT2D eigenvalue weighted by Crippen LogP contribution is -2.03. The van der Waals surface area contributed by atoms with Gasteiger partial charge in [-0.05, 0) is 18.2 Å². The van der Waals surface area contributed by atoms with E-state index < -0.39 is 5.97 Å². The number of aromatic carboxylic acids is 1. The van der Waals surface area contributed by atoms with E-state index in [1.165, 1.54) is 6.20 Å². The summed E-state index contributed by atoms with van der Waals surface area (Å²) in [5, 5.41) is 9.14. The van der Waals surface area contributed by atoms with Crippen molar-refractivity contribution in [2.45, 2.75) is 0 Å². The number of aromatic nitrogens is 3. The van der Waals surface area contributed by atoms with Gasteiger partial charge in [0.15, 0.2) is 22.8 Å². The van der Waals surface area contributed by atoms with Gasteiger partial charge in [0, 0.05) is 24.2 Å². The topological polar surface area (TPSA) is 86.0 Å². The van der Waals surface area contributed by atoms with Crippen molar-refractivity contribution in [1.29, 1.82) is 0 Å². The largest absolute Gasteiger partial charge is 0.476 e. The fraction of sp³-hybridized carbons (Fsp3) is 0.0714. The van der Waals surface area contributed by atoms with Crippen molar-refractivity contribution in [3.8, 4) is 22.8 Å². The maximum atomic E-state index is 11.2. The van der Waals surface area contributed by atoms with Crippen molar-refractivity contribution in [1.82, 2.24) is 14.4 Å². The van der Waals surface area contributed by atoms with Gasteiger partial charge in [0.2, 0.25) is 6.79 Å². The van der Waals surface area contributed by atoms with E-state index in [1.807, 2.05) is 12.1 Å². The number of rotatable bonds is 2. The quantitative estimate of drug-likeness (QED) is 0.772. The highest BCUT2D eigenvalue weighted by molar-refractivity contribution is 5.92. The zero-order valence-electron chi connectivity index (χ0n) is 10.7. The number of ether oxygens (including phenoxy) is 2. The molecule has 3 aromatic rings. The van der Waals surface area contributed by atoms with E-state index in [0.717, 1.165) is 5.56 Å². The summed E-state index contributed by atoms with van der Waals surface area (Å²) in [5.74, 6) is 0.236. The van der Waals surface area contributed by atoms with Gasteiger partial charge in [0.25, 0.3) is 0 Å². The van der Waals surface area contributed by atoms with Crippen molar-refractivity contribution in [3.05, 3.63) is 42.5 Å². The van der Waals surface area contributed by atoms with Gasteiger partial charge < -0.3 is 19.0 Å². The van der Waals surface area contributed by atoms with E-state index in [4.69, 9.17) is 14.6 Å². The Morgan fingerprint density at radius 3 is 3.00 bits per heavy atom. The predicted octanol–water partition coefficient (Wildman–Crippen LogP) is 1.82. The zero-order chi connectivity index (χ0) is 14.4. The second-order valence-corrected chi connectivity index (χ2v) is 4.51. The Morgan fingerprint density at radius 2 is 2.14 bits per heavy atom. The monoisotopic (exact) mass is 283 g/mol. The zero-order valence-corrected chi connectivity index (χ0v) is 10.7. The first-order chi connectivity index (χ1) is 10.2. The summed E-state index contributed by atoms with van der Waals surface area (Å²) in [6, 6.07) is 5.47. The van der Waals surface area contributed by atoms with Crippen LogP contribution < -0.4 is 9.47 Å². The van der Waals surface area contributed by atoms with Crippen LogP contribution in [0.2, 0.25) is 0 Å². The summed E-state index contributed by atoms with van der Waals surface area (Å²) in [5.41, 5.74) is 1.69. The second-order valence-electron chi connectivity index (χ2n) is 4.51. The number of hydrogen-bond donors (Lipinski definition) is 1. The molecule has 0 bridgehead atoms. The Morgan fingerprint density at radius 1 is 1.29 bits per heavy atom. The van der Waals surface area contributed by atoms with Crippen LogP contribution in [-0.2, 0) is 0 Å². The Kier molecular flexibility index (Phi) is 2.34. The lowest BCUT2D eigenvalue weighted by atomic mass is 10.1. The molecule has 0 atom stereocenters. The van der Waals surface area contributed by atoms with Crippen molar-refractivity contribution in [3.63, 3.8) is 0 Å². The average molecular weight is 283 g/mol. The van der Waals surface area contributed by atoms with Crippen LogP contribution in [-0.4, -0.2) is 32.2 Å². The molecule has 0 fully saturated rings. The van der Waals surface area contributed by atoms with Crippen LogP contribution >= 0.6 is 0 Å². The maximum absolute atomic E-state index is 11.2. The molecule has 0 saturated heterocycles. The number of benzene rings is 1. The highest BCUT2D eigenvalue weighted by Gasteiger charge is 2.17. The third-order valence-electron chi connectivity index (χ3n) is 3.25. The Bertz CT molecular complexity index is 872. The van der Waals surface area contributed by atoms with Gasteiger partial charge in [-0.3, -0.25) is 0 Å². The molecular weight excluding hydrogens is 274 g/mol. The number of carboxylic acid groups (broad SMARTS) is 1. The summed E-state index contributed by atoms with van der Waals surface area (Å²) in [6.45, 7) is 0.205. The Hall–Kier alpha value is -3.09. The predicted molar refractivity (Wildman–Crippen MR) is 71.5 cm³/mol. The standard InChI is InChI=1S/C14H9N3O4/c18-14(19)12-13-16-9(6-17(13)4-3-15-12)8-1-2-10-11(5-8)21-7-20-10/h1-6H,7H2,(H,18,19). The van der Waals surface area contributed by atoms with Crippen LogP contribution in [0, 0.1) is 0 Å². The van der Waals surface area contributed by atoms with E-state index in [-0.39, 0.29) is 12.5 Å². The number of nitrogens with zero attached hydrogens (tertiary/aromatic N) is 3. The molecule has 21 heavy (non-hydrogen) atoms. The van der Waals surface area contributed by atoms with Gasteiger partial charge in [0.05, 0.1) is 5.69 Å². The fourth-order valence-corrected chi connectivity index (χ4v) is 2.27. The summed E-state index contributed by atoms with van der Waals surface area (Å²) < 4.78 is 12.2. The Labute approximate surface area is 118 Å². The summed E-state index contributed by atoms with van der Waals surface area (Å²) >= 11 is 0. The molecule has 104 valence electrons. The minimum atomic E-state index is -1.11. The third-order valence-corrected chi connectivity index (χ3v) is 3.25. The van der Waals surface area contributed by atoms with E-state index in [1.54, 1.807) is 22.9 Å². The van der Waals surface area contributed by atoms with Crippen LogP contribution in [0.25, 0.3) is 16.9 Å². The number of imidazole rings is 1. The van der Waals surface area contributed by atoms with E-state index in [0.29, 0.717) is 22.8 Å². The molecule has 7 heteroatoms. The van der Waals surface area contributed by atoms with Gasteiger partial charge in [0.1, 0.15) is 0 Å². The third kappa shape index (κ3) is 1.78. The minimum absolute atomic E-state index is 0.0792. The van der Waals surface area contributed by atoms with E-state index in [2.05, 4.69) is 9.97 Å². The fourth-order valence-electron chi connectivity index (χ4n) is 2.27.